The van der Waals surface area contributed by atoms with Crippen molar-refractivity contribution < 1.29 is 28.6 Å². The molecule has 0 saturated carbocycles. The van der Waals surface area contributed by atoms with Crippen molar-refractivity contribution in [3.8, 4) is 0 Å². The van der Waals surface area contributed by atoms with Crippen molar-refractivity contribution in [2.75, 3.05) is 7.11 Å². The monoisotopic (exact) mass is 317 g/mol. The van der Waals surface area contributed by atoms with Gasteiger partial charge in [0.15, 0.2) is 0 Å². The molecule has 0 saturated heterocycles. The van der Waals surface area contributed by atoms with Crippen molar-refractivity contribution in [2.24, 2.45) is 0 Å². The first-order valence-electron chi connectivity index (χ1n) is 5.91. The SMILES string of the molecule is COC(=O)CC[C@H](NC(=O)c1c(F)cccc1Cl)C(=O)O. The van der Waals surface area contributed by atoms with Gasteiger partial charge in [-0.3, -0.25) is 9.59 Å². The summed E-state index contributed by atoms with van der Waals surface area (Å²) < 4.78 is 17.9. The van der Waals surface area contributed by atoms with Crippen molar-refractivity contribution in [1.29, 1.82) is 0 Å². The summed E-state index contributed by atoms with van der Waals surface area (Å²) in [5.41, 5.74) is -0.441. The van der Waals surface area contributed by atoms with E-state index >= 15 is 0 Å². The summed E-state index contributed by atoms with van der Waals surface area (Å²) in [7, 11) is 1.16. The maximum absolute atomic E-state index is 13.6. The summed E-state index contributed by atoms with van der Waals surface area (Å²) in [6.07, 6.45) is -0.376. The normalized spacial score (nSPS) is 11.6. The molecule has 0 fully saturated rings. The van der Waals surface area contributed by atoms with E-state index < -0.39 is 35.3 Å². The molecule has 1 rings (SSSR count). The lowest BCUT2D eigenvalue weighted by molar-refractivity contribution is -0.142. The van der Waals surface area contributed by atoms with Crippen LogP contribution < -0.4 is 5.32 Å². The number of rotatable bonds is 6. The molecular weight excluding hydrogens is 305 g/mol. The van der Waals surface area contributed by atoms with Crippen LogP contribution in [0.15, 0.2) is 18.2 Å². The minimum Gasteiger partial charge on any atom is -0.480 e. The van der Waals surface area contributed by atoms with Crippen LogP contribution in [0.1, 0.15) is 23.2 Å². The number of carboxylic acids is 1. The Morgan fingerprint density at radius 2 is 2.10 bits per heavy atom. The highest BCUT2D eigenvalue weighted by atomic mass is 35.5. The standard InChI is InChI=1S/C13H13ClFNO5/c1-21-10(17)6-5-9(13(19)20)16-12(18)11-7(14)3-2-4-8(11)15/h2-4,9H,5-6H2,1H3,(H,16,18)(H,19,20)/t9-/m0/s1. The van der Waals surface area contributed by atoms with Crippen molar-refractivity contribution >= 4 is 29.4 Å². The van der Waals surface area contributed by atoms with Crippen LogP contribution in [0.4, 0.5) is 4.39 Å². The van der Waals surface area contributed by atoms with Crippen LogP contribution in [0.5, 0.6) is 0 Å². The maximum atomic E-state index is 13.6. The summed E-state index contributed by atoms with van der Waals surface area (Å²) in [6.45, 7) is 0. The average Bonchev–Trinajstić information content (AvgIpc) is 2.42. The molecule has 1 aromatic carbocycles. The van der Waals surface area contributed by atoms with E-state index in [2.05, 4.69) is 10.1 Å². The number of esters is 1. The number of hydrogen-bond donors (Lipinski definition) is 2. The third-order valence-electron chi connectivity index (χ3n) is 2.66. The van der Waals surface area contributed by atoms with E-state index in [0.717, 1.165) is 13.2 Å². The van der Waals surface area contributed by atoms with Gasteiger partial charge in [0.05, 0.1) is 17.7 Å². The highest BCUT2D eigenvalue weighted by molar-refractivity contribution is 6.33. The number of nitrogens with one attached hydrogen (secondary N) is 1. The fourth-order valence-electron chi connectivity index (χ4n) is 1.57. The number of halogens is 2. The molecule has 1 amide bonds. The average molecular weight is 318 g/mol. The number of ether oxygens (including phenoxy) is 1. The molecule has 0 spiro atoms. The Bertz CT molecular complexity index is 543. The van der Waals surface area contributed by atoms with Crippen LogP contribution in [0, 0.1) is 5.82 Å². The molecule has 1 atom stereocenters. The second kappa shape index (κ2) is 7.58. The van der Waals surface area contributed by atoms with Gasteiger partial charge in [0.25, 0.3) is 5.91 Å². The van der Waals surface area contributed by atoms with Crippen LogP contribution in [0.3, 0.4) is 0 Å². The van der Waals surface area contributed by atoms with Crippen LogP contribution >= 0.6 is 11.6 Å². The number of methoxy groups -OCH3 is 1. The van der Waals surface area contributed by atoms with E-state index in [4.69, 9.17) is 16.7 Å². The maximum Gasteiger partial charge on any atom is 0.326 e. The molecule has 2 N–H and O–H groups in total. The van der Waals surface area contributed by atoms with Crippen molar-refractivity contribution in [1.82, 2.24) is 5.32 Å². The van der Waals surface area contributed by atoms with Gasteiger partial charge in [-0.25, -0.2) is 9.18 Å². The number of carbonyl (C=O) groups excluding carboxylic acids is 2. The summed E-state index contributed by atoms with van der Waals surface area (Å²) in [5.74, 6) is -3.79. The van der Waals surface area contributed by atoms with E-state index in [0.29, 0.717) is 0 Å². The van der Waals surface area contributed by atoms with Gasteiger partial charge in [-0.05, 0) is 18.6 Å². The van der Waals surface area contributed by atoms with Crippen LogP contribution in [-0.4, -0.2) is 36.1 Å². The van der Waals surface area contributed by atoms with Gasteiger partial charge in [0, 0.05) is 6.42 Å². The van der Waals surface area contributed by atoms with Gasteiger partial charge in [0.1, 0.15) is 11.9 Å². The quantitative estimate of drug-likeness (QED) is 0.778. The Morgan fingerprint density at radius 3 is 2.62 bits per heavy atom. The molecule has 114 valence electrons. The fraction of sp³-hybridized carbons (Fsp3) is 0.308. The molecule has 0 radical (unpaired) electrons. The lowest BCUT2D eigenvalue weighted by Crippen LogP contribution is -2.41. The molecular formula is C13H13ClFNO5. The number of carbonyl (C=O) groups is 3. The van der Waals surface area contributed by atoms with Gasteiger partial charge in [-0.15, -0.1) is 0 Å². The molecule has 0 bridgehead atoms. The van der Waals surface area contributed by atoms with Crippen molar-refractivity contribution in [3.63, 3.8) is 0 Å². The summed E-state index contributed by atoms with van der Waals surface area (Å²) >= 11 is 5.72. The molecule has 0 aromatic heterocycles. The van der Waals surface area contributed by atoms with Gasteiger partial charge in [0.2, 0.25) is 0 Å². The highest BCUT2D eigenvalue weighted by Crippen LogP contribution is 2.19. The van der Waals surface area contributed by atoms with Crippen LogP contribution in [-0.2, 0) is 14.3 Å². The Labute approximate surface area is 124 Å². The minimum atomic E-state index is -1.35. The molecule has 0 unspecified atom stereocenters. The highest BCUT2D eigenvalue weighted by Gasteiger charge is 2.24. The molecule has 0 aliphatic rings. The second-order valence-electron chi connectivity index (χ2n) is 4.08. The predicted octanol–water partition coefficient (Wildman–Crippen LogP) is 1.62. The molecule has 6 nitrogen and oxygen atoms in total. The Morgan fingerprint density at radius 1 is 1.43 bits per heavy atom. The first-order valence-corrected chi connectivity index (χ1v) is 6.29. The first-order chi connectivity index (χ1) is 9.86. The van der Waals surface area contributed by atoms with E-state index in [1.54, 1.807) is 0 Å². The molecule has 1 aromatic rings. The minimum absolute atomic E-state index is 0.135. The Kier molecular flexibility index (Phi) is 6.10. The zero-order chi connectivity index (χ0) is 16.0. The predicted molar refractivity (Wildman–Crippen MR) is 71.6 cm³/mol. The van der Waals surface area contributed by atoms with E-state index in [-0.39, 0.29) is 17.9 Å². The Hall–Kier alpha value is -2.15. The topological polar surface area (TPSA) is 92.7 Å². The van der Waals surface area contributed by atoms with Crippen molar-refractivity contribution in [3.05, 3.63) is 34.6 Å². The third kappa shape index (κ3) is 4.71. The second-order valence-corrected chi connectivity index (χ2v) is 4.48. The molecule has 0 heterocycles. The Balaban J connectivity index is 2.82. The van der Waals surface area contributed by atoms with Gasteiger partial charge >= 0.3 is 11.9 Å². The summed E-state index contributed by atoms with van der Waals surface area (Å²) in [4.78, 5) is 33.9. The van der Waals surface area contributed by atoms with Gasteiger partial charge in [-0.1, -0.05) is 17.7 Å². The van der Waals surface area contributed by atoms with Crippen molar-refractivity contribution in [2.45, 2.75) is 18.9 Å². The van der Waals surface area contributed by atoms with Crippen LogP contribution in [0.2, 0.25) is 5.02 Å². The molecule has 0 aliphatic heterocycles. The van der Waals surface area contributed by atoms with Gasteiger partial charge < -0.3 is 15.2 Å². The zero-order valence-corrected chi connectivity index (χ0v) is 11.8. The van der Waals surface area contributed by atoms with Gasteiger partial charge in [-0.2, -0.15) is 0 Å². The molecule has 0 aliphatic carbocycles. The summed E-state index contributed by atoms with van der Waals surface area (Å²) in [5, 5.41) is 11.0. The summed E-state index contributed by atoms with van der Waals surface area (Å²) in [6, 6.07) is 2.31. The van der Waals surface area contributed by atoms with Crippen LogP contribution in [0.25, 0.3) is 0 Å². The number of carboxylic acid groups (broad SMARTS) is 1. The third-order valence-corrected chi connectivity index (χ3v) is 2.97. The lowest BCUT2D eigenvalue weighted by Gasteiger charge is -2.14. The largest absolute Gasteiger partial charge is 0.480 e. The lowest BCUT2D eigenvalue weighted by atomic mass is 10.1. The number of aliphatic carboxylic acids is 1. The molecule has 8 heteroatoms. The van der Waals surface area contributed by atoms with E-state index in [1.165, 1.54) is 12.1 Å². The smallest absolute Gasteiger partial charge is 0.326 e. The zero-order valence-electron chi connectivity index (χ0n) is 11.1. The van der Waals surface area contributed by atoms with E-state index in [1.807, 2.05) is 0 Å². The van der Waals surface area contributed by atoms with E-state index in [9.17, 15) is 18.8 Å². The fourth-order valence-corrected chi connectivity index (χ4v) is 1.82. The first kappa shape index (κ1) is 16.9. The molecule has 21 heavy (non-hydrogen) atoms. The number of amides is 1. The number of hydrogen-bond acceptors (Lipinski definition) is 4. The number of benzene rings is 1.